The molecule has 2 saturated heterocycles. The Morgan fingerprint density at radius 3 is 2.34 bits per heavy atom. The second-order valence-corrected chi connectivity index (χ2v) is 23.0. The number of anilines is 1. The SMILES string of the molecule is COCOc1cc(-c2ncc3c(N4C5CC(F)C4CN(C(=O)OC(C)(C)C)C5)nc(Cl)c(C)c3c2F)c2c(C#C[Si](C(C)C)(C(C)C)C(C)C)c(F)ccc2c1. The van der Waals surface area contributed by atoms with Crippen LogP contribution in [0.1, 0.15) is 79.9 Å². The maximum Gasteiger partial charge on any atom is 0.410 e. The van der Waals surface area contributed by atoms with Crippen molar-refractivity contribution in [2.45, 2.75) is 116 Å². The molecule has 4 aromatic rings. The summed E-state index contributed by atoms with van der Waals surface area (Å²) in [5, 5.41) is 1.53. The lowest BCUT2D eigenvalue weighted by atomic mass is 9.95. The highest BCUT2D eigenvalue weighted by atomic mass is 35.5. The highest BCUT2D eigenvalue weighted by molar-refractivity contribution is 6.90. The van der Waals surface area contributed by atoms with Crippen molar-refractivity contribution in [1.29, 1.82) is 0 Å². The number of nitrogens with zero attached hydrogens (tertiary/aromatic N) is 4. The van der Waals surface area contributed by atoms with Gasteiger partial charge in [0.25, 0.3) is 0 Å². The average molecular weight is 809 g/mol. The Kier molecular flexibility index (Phi) is 11.7. The number of pyridine rings is 2. The van der Waals surface area contributed by atoms with E-state index in [1.807, 2.05) is 4.90 Å². The lowest BCUT2D eigenvalue weighted by Gasteiger charge is -2.42. The molecule has 3 unspecified atom stereocenters. The Morgan fingerprint density at radius 1 is 1.05 bits per heavy atom. The number of halogens is 4. The Balaban J connectivity index is 1.56. The monoisotopic (exact) mass is 808 g/mol. The molecular formula is C43H52ClF3N4O4Si. The predicted octanol–water partition coefficient (Wildman–Crippen LogP) is 10.8. The van der Waals surface area contributed by atoms with Crippen LogP contribution < -0.4 is 9.64 Å². The molecule has 1 amide bonds. The van der Waals surface area contributed by atoms with Crippen molar-refractivity contribution < 1.29 is 32.2 Å². The largest absolute Gasteiger partial charge is 0.468 e. The normalized spacial score (nSPS) is 18.7. The molecule has 6 rings (SSSR count). The minimum absolute atomic E-state index is 0.0462. The molecule has 2 aliphatic heterocycles. The molecule has 8 nitrogen and oxygen atoms in total. The fraction of sp³-hybridized carbons (Fsp3) is 0.512. The number of hydrogen-bond donors (Lipinski definition) is 0. The number of methoxy groups -OCH3 is 1. The molecule has 2 bridgehead atoms. The summed E-state index contributed by atoms with van der Waals surface area (Å²) < 4.78 is 66.0. The van der Waals surface area contributed by atoms with Gasteiger partial charge in [0.15, 0.2) is 12.6 Å². The Morgan fingerprint density at radius 2 is 1.73 bits per heavy atom. The summed E-state index contributed by atoms with van der Waals surface area (Å²) in [4.78, 5) is 25.7. The predicted molar refractivity (Wildman–Crippen MR) is 220 cm³/mol. The topological polar surface area (TPSA) is 77.0 Å². The van der Waals surface area contributed by atoms with Crippen molar-refractivity contribution in [3.05, 3.63) is 58.4 Å². The third kappa shape index (κ3) is 7.43. The Hall–Kier alpha value is -4.05. The minimum atomic E-state index is -2.30. The number of fused-ring (bicyclic) bond motifs is 4. The van der Waals surface area contributed by atoms with E-state index in [0.717, 1.165) is 0 Å². The van der Waals surface area contributed by atoms with Crippen LogP contribution in [0.4, 0.5) is 23.8 Å². The number of carbonyl (C=O) groups is 1. The number of ether oxygens (including phenoxy) is 3. The number of aryl methyl sites for hydroxylation is 1. The van der Waals surface area contributed by atoms with E-state index in [1.54, 1.807) is 45.9 Å². The van der Waals surface area contributed by atoms with E-state index in [-0.39, 0.29) is 59.5 Å². The molecule has 2 fully saturated rings. The van der Waals surface area contributed by atoms with Gasteiger partial charge in [-0.2, -0.15) is 0 Å². The summed E-state index contributed by atoms with van der Waals surface area (Å²) in [5.41, 5.74) is 4.60. The van der Waals surface area contributed by atoms with E-state index < -0.39 is 49.7 Å². The van der Waals surface area contributed by atoms with E-state index in [4.69, 9.17) is 30.8 Å². The molecular weight excluding hydrogens is 757 g/mol. The van der Waals surface area contributed by atoms with E-state index in [9.17, 15) is 4.79 Å². The van der Waals surface area contributed by atoms with Gasteiger partial charge < -0.3 is 24.0 Å². The van der Waals surface area contributed by atoms with Crippen molar-refractivity contribution in [1.82, 2.24) is 14.9 Å². The van der Waals surface area contributed by atoms with Crippen molar-refractivity contribution >= 4 is 53.1 Å². The number of benzene rings is 2. The molecule has 13 heteroatoms. The highest BCUT2D eigenvalue weighted by Gasteiger charge is 2.50. The average Bonchev–Trinajstić information content (AvgIpc) is 3.30. The lowest BCUT2D eigenvalue weighted by Crippen LogP contribution is -2.57. The zero-order chi connectivity index (χ0) is 41.0. The van der Waals surface area contributed by atoms with Gasteiger partial charge in [-0.25, -0.2) is 22.9 Å². The summed E-state index contributed by atoms with van der Waals surface area (Å²) in [6.45, 7) is 20.3. The summed E-state index contributed by atoms with van der Waals surface area (Å²) in [6.07, 6.45) is -0.134. The second kappa shape index (κ2) is 15.7. The van der Waals surface area contributed by atoms with Gasteiger partial charge in [0.05, 0.1) is 17.6 Å². The summed E-state index contributed by atoms with van der Waals surface area (Å²) in [6, 6.07) is 5.16. The number of aromatic nitrogens is 2. The molecule has 3 atom stereocenters. The first-order chi connectivity index (χ1) is 26.3. The van der Waals surface area contributed by atoms with Crippen LogP contribution in [0.25, 0.3) is 32.8 Å². The van der Waals surface area contributed by atoms with Crippen molar-refractivity contribution in [3.8, 4) is 28.5 Å². The molecule has 0 spiro atoms. The fourth-order valence-corrected chi connectivity index (χ4v) is 14.4. The summed E-state index contributed by atoms with van der Waals surface area (Å²) in [5.74, 6) is 2.72. The smallest absolute Gasteiger partial charge is 0.410 e. The fourth-order valence-electron chi connectivity index (χ4n) is 8.98. The number of amides is 1. The van der Waals surface area contributed by atoms with Crippen molar-refractivity contribution in [3.63, 3.8) is 0 Å². The van der Waals surface area contributed by atoms with E-state index in [1.165, 1.54) is 24.3 Å². The first-order valence-electron chi connectivity index (χ1n) is 19.3. The van der Waals surface area contributed by atoms with E-state index in [0.29, 0.717) is 44.1 Å². The van der Waals surface area contributed by atoms with Gasteiger partial charge in [-0.3, -0.25) is 4.98 Å². The maximum atomic E-state index is 17.5. The highest BCUT2D eigenvalue weighted by Crippen LogP contribution is 2.45. The van der Waals surface area contributed by atoms with E-state index >= 15 is 13.2 Å². The number of hydrogen-bond acceptors (Lipinski definition) is 7. The zero-order valence-electron chi connectivity index (χ0n) is 34.1. The van der Waals surface area contributed by atoms with Crippen LogP contribution in [-0.4, -0.2) is 79.9 Å². The van der Waals surface area contributed by atoms with Crippen LogP contribution >= 0.6 is 11.6 Å². The third-order valence-corrected chi connectivity index (χ3v) is 18.1. The van der Waals surface area contributed by atoms with Crippen LogP contribution in [0.15, 0.2) is 30.5 Å². The van der Waals surface area contributed by atoms with Crippen LogP contribution in [0.3, 0.4) is 0 Å². The lowest BCUT2D eigenvalue weighted by molar-refractivity contribution is 0.0203. The van der Waals surface area contributed by atoms with Gasteiger partial charge >= 0.3 is 6.09 Å². The first-order valence-corrected chi connectivity index (χ1v) is 21.9. The number of likely N-dealkylation sites (tertiary alicyclic amines) is 1. The molecule has 56 heavy (non-hydrogen) atoms. The second-order valence-electron chi connectivity index (χ2n) is 17.0. The van der Waals surface area contributed by atoms with Crippen LogP contribution in [0, 0.1) is 30.0 Å². The Bertz CT molecular complexity index is 2210. The molecule has 0 radical (unpaired) electrons. The first kappa shape index (κ1) is 41.6. The summed E-state index contributed by atoms with van der Waals surface area (Å²) >= 11 is 6.77. The van der Waals surface area contributed by atoms with Gasteiger partial charge in [-0.05, 0) is 73.5 Å². The summed E-state index contributed by atoms with van der Waals surface area (Å²) in [7, 11) is -0.806. The van der Waals surface area contributed by atoms with Crippen molar-refractivity contribution in [2.75, 3.05) is 31.9 Å². The number of rotatable bonds is 8. The maximum absolute atomic E-state index is 17.5. The molecule has 2 aromatic carbocycles. The molecule has 4 heterocycles. The third-order valence-electron chi connectivity index (χ3n) is 11.5. The molecule has 2 aliphatic rings. The number of carbonyl (C=O) groups excluding carboxylic acids is 1. The number of alkyl halides is 1. The minimum Gasteiger partial charge on any atom is -0.468 e. The van der Waals surface area contributed by atoms with Gasteiger partial charge in [0, 0.05) is 54.5 Å². The number of piperazine rings is 1. The quantitative estimate of drug-likeness (QED) is 0.0759. The van der Waals surface area contributed by atoms with Gasteiger partial charge in [0.2, 0.25) is 0 Å². The van der Waals surface area contributed by atoms with Gasteiger partial charge in [-0.1, -0.05) is 65.1 Å². The van der Waals surface area contributed by atoms with Crippen LogP contribution in [0.2, 0.25) is 21.8 Å². The van der Waals surface area contributed by atoms with Crippen molar-refractivity contribution in [2.24, 2.45) is 0 Å². The molecule has 300 valence electrons. The molecule has 0 saturated carbocycles. The van der Waals surface area contributed by atoms with Gasteiger partial charge in [0.1, 0.15) is 48.1 Å². The van der Waals surface area contributed by atoms with Crippen LogP contribution in [-0.2, 0) is 9.47 Å². The van der Waals surface area contributed by atoms with E-state index in [2.05, 4.69) is 58.0 Å². The molecule has 0 aliphatic carbocycles. The Labute approximate surface area is 334 Å². The molecule has 2 aromatic heterocycles. The molecule has 0 N–H and O–H groups in total. The zero-order valence-corrected chi connectivity index (χ0v) is 35.9. The van der Waals surface area contributed by atoms with Gasteiger partial charge in [-0.15, -0.1) is 5.54 Å². The standard InChI is InChI=1S/C43H52ClF3N4O4Si/c1-23(2)56(24(3)4,25(5)6)15-14-30-33(45)13-12-27-16-29(54-22-53-11)18-31(37(27)30)39-38(47)36-26(7)40(44)49-41(32(36)19-48-39)51-28-17-34(46)35(51)21-50(20-28)42(52)55-43(8,9)10/h12-13,16,18-19,23-25,28,34-35H,17,20-22H2,1-11H3. The van der Waals surface area contributed by atoms with Crippen LogP contribution in [0.5, 0.6) is 5.75 Å².